The van der Waals surface area contributed by atoms with Gasteiger partial charge >= 0.3 is 6.18 Å². The van der Waals surface area contributed by atoms with Crippen molar-refractivity contribution < 1.29 is 27.9 Å². The zero-order valence-corrected chi connectivity index (χ0v) is 10.9. The molecule has 0 fully saturated rings. The van der Waals surface area contributed by atoms with Gasteiger partial charge in [0, 0.05) is 5.56 Å². The van der Waals surface area contributed by atoms with Gasteiger partial charge in [-0.15, -0.1) is 0 Å². The van der Waals surface area contributed by atoms with Crippen LogP contribution in [0.5, 0.6) is 0 Å². The van der Waals surface area contributed by atoms with E-state index < -0.39 is 18.7 Å². The van der Waals surface area contributed by atoms with E-state index in [0.29, 0.717) is 5.56 Å². The maximum atomic E-state index is 11.8. The number of nitrogens with zero attached hydrogens (tertiary/aromatic N) is 1. The Bertz CT molecular complexity index is 518. The van der Waals surface area contributed by atoms with Crippen molar-refractivity contribution in [2.45, 2.75) is 12.6 Å². The molecular formula is C12H14F3N3O3. The third kappa shape index (κ3) is 6.13. The van der Waals surface area contributed by atoms with Crippen molar-refractivity contribution in [3.8, 4) is 0 Å². The number of para-hydroxylation sites is 1. The lowest BCUT2D eigenvalue weighted by Gasteiger charge is -2.10. The summed E-state index contributed by atoms with van der Waals surface area (Å²) in [6, 6.07) is 6.27. The number of amidine groups is 1. The van der Waals surface area contributed by atoms with Crippen molar-refractivity contribution in [3.63, 3.8) is 0 Å². The number of nitrogens with one attached hydrogen (secondary N) is 1. The summed E-state index contributed by atoms with van der Waals surface area (Å²) in [5.74, 6) is -0.741. The summed E-state index contributed by atoms with van der Waals surface area (Å²) in [6.07, 6.45) is -4.67. The smallest absolute Gasteiger partial charge is 0.409 e. The largest absolute Gasteiger partial charge is 0.411 e. The molecule has 1 rings (SSSR count). The number of carbonyl (C=O) groups is 1. The van der Waals surface area contributed by atoms with Crippen LogP contribution in [-0.4, -0.2) is 36.3 Å². The predicted octanol–water partition coefficient (Wildman–Crippen LogP) is 1.69. The van der Waals surface area contributed by atoms with E-state index >= 15 is 0 Å². The molecule has 9 heteroatoms. The van der Waals surface area contributed by atoms with Gasteiger partial charge in [-0.3, -0.25) is 4.79 Å². The van der Waals surface area contributed by atoms with Crippen molar-refractivity contribution in [2.24, 2.45) is 10.9 Å². The highest BCUT2D eigenvalue weighted by Gasteiger charge is 2.27. The molecule has 0 spiro atoms. The van der Waals surface area contributed by atoms with Gasteiger partial charge < -0.3 is 21.0 Å². The van der Waals surface area contributed by atoms with E-state index in [1.54, 1.807) is 12.1 Å². The SMILES string of the molecule is N/C(=N/O)c1ccccc1NC(=O)CCOCC(F)(F)F. The lowest BCUT2D eigenvalue weighted by Crippen LogP contribution is -2.21. The molecule has 1 amide bonds. The van der Waals surface area contributed by atoms with Crippen LogP contribution in [0.25, 0.3) is 0 Å². The van der Waals surface area contributed by atoms with Crippen molar-refractivity contribution in [1.82, 2.24) is 0 Å². The Morgan fingerprint density at radius 1 is 1.38 bits per heavy atom. The Labute approximate surface area is 118 Å². The number of rotatable bonds is 6. The number of nitrogens with two attached hydrogens (primary N) is 1. The predicted molar refractivity (Wildman–Crippen MR) is 69.1 cm³/mol. The van der Waals surface area contributed by atoms with Gasteiger partial charge in [0.25, 0.3) is 0 Å². The molecule has 4 N–H and O–H groups in total. The normalized spacial score (nSPS) is 12.2. The van der Waals surface area contributed by atoms with Crippen molar-refractivity contribution in [2.75, 3.05) is 18.5 Å². The Kier molecular flexibility index (Phi) is 5.97. The van der Waals surface area contributed by atoms with Gasteiger partial charge in [0.1, 0.15) is 6.61 Å². The maximum Gasteiger partial charge on any atom is 0.411 e. The minimum atomic E-state index is -4.42. The molecule has 116 valence electrons. The minimum Gasteiger partial charge on any atom is -0.409 e. The Morgan fingerprint density at radius 3 is 2.67 bits per heavy atom. The zero-order valence-electron chi connectivity index (χ0n) is 10.9. The summed E-state index contributed by atoms with van der Waals surface area (Å²) in [6.45, 7) is -1.77. The van der Waals surface area contributed by atoms with Crippen molar-refractivity contribution in [3.05, 3.63) is 29.8 Å². The standard InChI is InChI=1S/C12H14F3N3O3/c13-12(14,15)7-21-6-5-10(19)17-9-4-2-1-3-8(9)11(16)18-20/h1-4,20H,5-7H2,(H2,16,18)(H,17,19). The van der Waals surface area contributed by atoms with E-state index in [1.807, 2.05) is 0 Å². The molecular weight excluding hydrogens is 291 g/mol. The summed E-state index contributed by atoms with van der Waals surface area (Å²) in [4.78, 5) is 11.6. The first kappa shape index (κ1) is 16.8. The molecule has 0 bridgehead atoms. The number of anilines is 1. The third-order valence-electron chi connectivity index (χ3n) is 2.32. The Balaban J connectivity index is 2.52. The maximum absolute atomic E-state index is 11.8. The topological polar surface area (TPSA) is 96.9 Å². The zero-order chi connectivity index (χ0) is 15.9. The van der Waals surface area contributed by atoms with Crippen molar-refractivity contribution in [1.29, 1.82) is 0 Å². The first-order valence-corrected chi connectivity index (χ1v) is 5.85. The third-order valence-corrected chi connectivity index (χ3v) is 2.32. The van der Waals surface area contributed by atoms with E-state index in [0.717, 1.165) is 0 Å². The molecule has 0 aromatic heterocycles. The number of alkyl halides is 3. The molecule has 0 aliphatic carbocycles. The molecule has 0 saturated carbocycles. The van der Waals surface area contributed by atoms with Crippen LogP contribution in [0.3, 0.4) is 0 Å². The van der Waals surface area contributed by atoms with Gasteiger partial charge in [-0.1, -0.05) is 17.3 Å². The number of ether oxygens (including phenoxy) is 1. The molecule has 0 unspecified atom stereocenters. The summed E-state index contributed by atoms with van der Waals surface area (Å²) in [5.41, 5.74) is 6.02. The molecule has 0 radical (unpaired) electrons. The lowest BCUT2D eigenvalue weighted by molar-refractivity contribution is -0.174. The van der Waals surface area contributed by atoms with Gasteiger partial charge in [0.05, 0.1) is 18.7 Å². The first-order chi connectivity index (χ1) is 9.83. The van der Waals surface area contributed by atoms with Crippen LogP contribution in [0.4, 0.5) is 18.9 Å². The molecule has 0 aliphatic rings. The molecule has 0 atom stereocenters. The molecule has 0 heterocycles. The average Bonchev–Trinajstić information content (AvgIpc) is 2.42. The number of oxime groups is 1. The first-order valence-electron chi connectivity index (χ1n) is 5.85. The summed E-state index contributed by atoms with van der Waals surface area (Å²) in [5, 5.41) is 13.9. The van der Waals surface area contributed by atoms with E-state index in [9.17, 15) is 18.0 Å². The van der Waals surface area contributed by atoms with Crippen LogP contribution in [-0.2, 0) is 9.53 Å². The summed E-state index contributed by atoms with van der Waals surface area (Å²) in [7, 11) is 0. The van der Waals surface area contributed by atoms with Gasteiger partial charge in [0.2, 0.25) is 5.91 Å². The van der Waals surface area contributed by atoms with Gasteiger partial charge in [-0.2, -0.15) is 13.2 Å². The van der Waals surface area contributed by atoms with E-state index in [-0.39, 0.29) is 24.6 Å². The number of hydrogen-bond donors (Lipinski definition) is 3. The van der Waals surface area contributed by atoms with Gasteiger partial charge in [-0.25, -0.2) is 0 Å². The Morgan fingerprint density at radius 2 is 2.05 bits per heavy atom. The summed E-state index contributed by atoms with van der Waals surface area (Å²) < 4.78 is 39.8. The average molecular weight is 305 g/mol. The van der Waals surface area contributed by atoms with E-state index in [2.05, 4.69) is 15.2 Å². The molecule has 21 heavy (non-hydrogen) atoms. The number of hydrogen-bond acceptors (Lipinski definition) is 4. The highest BCUT2D eigenvalue weighted by molar-refractivity contribution is 6.05. The van der Waals surface area contributed by atoms with Crippen LogP contribution < -0.4 is 11.1 Å². The van der Waals surface area contributed by atoms with Crippen LogP contribution in [0.1, 0.15) is 12.0 Å². The van der Waals surface area contributed by atoms with Gasteiger partial charge in [-0.05, 0) is 12.1 Å². The van der Waals surface area contributed by atoms with Crippen LogP contribution in [0.2, 0.25) is 0 Å². The van der Waals surface area contributed by atoms with E-state index in [1.165, 1.54) is 12.1 Å². The number of halogens is 3. The molecule has 0 saturated heterocycles. The lowest BCUT2D eigenvalue weighted by atomic mass is 10.1. The fourth-order valence-electron chi connectivity index (χ4n) is 1.43. The molecule has 1 aromatic carbocycles. The van der Waals surface area contributed by atoms with E-state index in [4.69, 9.17) is 10.9 Å². The molecule has 1 aromatic rings. The minimum absolute atomic E-state index is 0.195. The molecule has 0 aliphatic heterocycles. The van der Waals surface area contributed by atoms with Crippen LogP contribution in [0.15, 0.2) is 29.4 Å². The number of amides is 1. The van der Waals surface area contributed by atoms with Crippen LogP contribution >= 0.6 is 0 Å². The summed E-state index contributed by atoms with van der Waals surface area (Å²) >= 11 is 0. The molecule has 6 nitrogen and oxygen atoms in total. The number of benzene rings is 1. The highest BCUT2D eigenvalue weighted by atomic mass is 19.4. The van der Waals surface area contributed by atoms with Crippen molar-refractivity contribution >= 4 is 17.4 Å². The quantitative estimate of drug-likeness (QED) is 0.245. The highest BCUT2D eigenvalue weighted by Crippen LogP contribution is 2.16. The second kappa shape index (κ2) is 7.48. The Hall–Kier alpha value is -2.29. The van der Waals surface area contributed by atoms with Crippen LogP contribution in [0, 0.1) is 0 Å². The fraction of sp³-hybridized carbons (Fsp3) is 0.333. The second-order valence-corrected chi connectivity index (χ2v) is 4.00. The fourth-order valence-corrected chi connectivity index (χ4v) is 1.43. The second-order valence-electron chi connectivity index (χ2n) is 4.00. The number of carbonyl (C=O) groups excluding carboxylic acids is 1. The van der Waals surface area contributed by atoms with Gasteiger partial charge in [0.15, 0.2) is 5.84 Å². The monoisotopic (exact) mass is 305 g/mol.